The molecule has 1 aliphatic carbocycles. The van der Waals surface area contributed by atoms with Crippen LogP contribution in [0, 0.1) is 0 Å². The Hall–Kier alpha value is -2.66. The Balaban J connectivity index is 1.73. The number of amides is 1. The summed E-state index contributed by atoms with van der Waals surface area (Å²) in [6.45, 7) is 4.14. The molecule has 3 unspecified atom stereocenters. The molecular formula is C24H28N2O3. The Morgan fingerprint density at radius 2 is 1.86 bits per heavy atom. The highest BCUT2D eigenvalue weighted by molar-refractivity contribution is 5.96. The summed E-state index contributed by atoms with van der Waals surface area (Å²) >= 11 is 0. The van der Waals surface area contributed by atoms with Crippen molar-refractivity contribution < 1.29 is 14.3 Å². The van der Waals surface area contributed by atoms with E-state index in [1.807, 2.05) is 43.1 Å². The highest BCUT2D eigenvalue weighted by atomic mass is 16.5. The minimum Gasteiger partial charge on any atom is -0.465 e. The van der Waals surface area contributed by atoms with Crippen LogP contribution in [0.3, 0.4) is 0 Å². The fourth-order valence-electron chi connectivity index (χ4n) is 5.13. The molecule has 2 aliphatic rings. The quantitative estimate of drug-likeness (QED) is 0.716. The number of hydrogen-bond acceptors (Lipinski definition) is 4. The lowest BCUT2D eigenvalue weighted by atomic mass is 9.76. The topological polar surface area (TPSA) is 49.9 Å². The maximum atomic E-state index is 12.7. The predicted molar refractivity (Wildman–Crippen MR) is 113 cm³/mol. The minimum atomic E-state index is -0.197. The zero-order valence-corrected chi connectivity index (χ0v) is 17.3. The highest BCUT2D eigenvalue weighted by Crippen LogP contribution is 2.57. The van der Waals surface area contributed by atoms with Gasteiger partial charge in [0.1, 0.15) is 0 Å². The Labute approximate surface area is 172 Å². The number of likely N-dealkylation sites (N-methyl/N-ethyl adjacent to an activating group) is 1. The van der Waals surface area contributed by atoms with Crippen LogP contribution >= 0.6 is 0 Å². The molecule has 1 heterocycles. The zero-order chi connectivity index (χ0) is 20.5. The van der Waals surface area contributed by atoms with E-state index in [2.05, 4.69) is 29.2 Å². The highest BCUT2D eigenvalue weighted by Gasteiger charge is 2.46. The van der Waals surface area contributed by atoms with Crippen molar-refractivity contribution in [3.05, 3.63) is 65.2 Å². The first kappa shape index (κ1) is 19.6. The lowest BCUT2D eigenvalue weighted by Crippen LogP contribution is -2.34. The predicted octanol–water partition coefficient (Wildman–Crippen LogP) is 4.21. The molecule has 0 saturated carbocycles. The number of benzene rings is 2. The SMILES string of the molecule is CCOC(=O)CN(C)C1CCC2c3c1cccc3N(C(C)=O)C2c1ccccc1. The molecule has 0 radical (unpaired) electrons. The van der Waals surface area contributed by atoms with Crippen LogP contribution < -0.4 is 4.90 Å². The molecule has 5 nitrogen and oxygen atoms in total. The Morgan fingerprint density at radius 1 is 1.10 bits per heavy atom. The van der Waals surface area contributed by atoms with Gasteiger partial charge in [-0.15, -0.1) is 0 Å². The molecule has 0 saturated heterocycles. The number of esters is 1. The van der Waals surface area contributed by atoms with Crippen LogP contribution in [0.1, 0.15) is 61.4 Å². The van der Waals surface area contributed by atoms with E-state index in [4.69, 9.17) is 4.74 Å². The number of carbonyl (C=O) groups is 2. The first-order chi connectivity index (χ1) is 14.0. The first-order valence-electron chi connectivity index (χ1n) is 10.4. The molecule has 0 aromatic heterocycles. The molecule has 0 fully saturated rings. The van der Waals surface area contributed by atoms with Crippen molar-refractivity contribution in [1.82, 2.24) is 4.90 Å². The van der Waals surface area contributed by atoms with Gasteiger partial charge in [-0.2, -0.15) is 0 Å². The second kappa shape index (κ2) is 7.99. The molecule has 0 bridgehead atoms. The fraction of sp³-hybridized carbons (Fsp3) is 0.417. The summed E-state index contributed by atoms with van der Waals surface area (Å²) in [7, 11) is 1.98. The third-order valence-electron chi connectivity index (χ3n) is 6.21. The normalized spacial score (nSPS) is 22.5. The van der Waals surface area contributed by atoms with E-state index in [1.165, 1.54) is 16.7 Å². The first-order valence-corrected chi connectivity index (χ1v) is 10.4. The maximum Gasteiger partial charge on any atom is 0.320 e. The third-order valence-corrected chi connectivity index (χ3v) is 6.21. The molecule has 5 heteroatoms. The molecule has 1 aliphatic heterocycles. The van der Waals surface area contributed by atoms with Crippen LogP contribution in [-0.4, -0.2) is 37.0 Å². The Kier molecular flexibility index (Phi) is 5.41. The van der Waals surface area contributed by atoms with Crippen molar-refractivity contribution in [2.24, 2.45) is 0 Å². The molecule has 3 atom stereocenters. The van der Waals surface area contributed by atoms with Crippen LogP contribution in [0.4, 0.5) is 5.69 Å². The molecule has 2 aromatic carbocycles. The van der Waals surface area contributed by atoms with E-state index in [0.29, 0.717) is 6.61 Å². The van der Waals surface area contributed by atoms with Crippen molar-refractivity contribution in [1.29, 1.82) is 0 Å². The fourth-order valence-corrected chi connectivity index (χ4v) is 5.13. The summed E-state index contributed by atoms with van der Waals surface area (Å²) in [4.78, 5) is 28.7. The van der Waals surface area contributed by atoms with Crippen LogP contribution in [0.25, 0.3) is 0 Å². The van der Waals surface area contributed by atoms with Gasteiger partial charge in [-0.3, -0.25) is 14.5 Å². The summed E-state index contributed by atoms with van der Waals surface area (Å²) in [5.41, 5.74) is 4.69. The second-order valence-electron chi connectivity index (χ2n) is 7.94. The van der Waals surface area contributed by atoms with Crippen LogP contribution in [0.15, 0.2) is 48.5 Å². The van der Waals surface area contributed by atoms with Crippen molar-refractivity contribution in [2.45, 2.75) is 44.7 Å². The van der Waals surface area contributed by atoms with Crippen LogP contribution in [0.2, 0.25) is 0 Å². The zero-order valence-electron chi connectivity index (χ0n) is 17.3. The molecule has 0 N–H and O–H groups in total. The molecule has 4 rings (SSSR count). The molecule has 0 spiro atoms. The van der Waals surface area contributed by atoms with E-state index >= 15 is 0 Å². The lowest BCUT2D eigenvalue weighted by Gasteiger charge is -2.36. The van der Waals surface area contributed by atoms with Crippen molar-refractivity contribution in [3.8, 4) is 0 Å². The van der Waals surface area contributed by atoms with Gasteiger partial charge in [-0.1, -0.05) is 42.5 Å². The van der Waals surface area contributed by atoms with Crippen molar-refractivity contribution >= 4 is 17.6 Å². The number of rotatable bonds is 5. The largest absolute Gasteiger partial charge is 0.465 e. The van der Waals surface area contributed by atoms with E-state index in [1.54, 1.807) is 6.92 Å². The van der Waals surface area contributed by atoms with E-state index in [0.717, 1.165) is 18.5 Å². The van der Waals surface area contributed by atoms with Gasteiger partial charge in [0, 0.05) is 24.6 Å². The number of ether oxygens (including phenoxy) is 1. The van der Waals surface area contributed by atoms with E-state index in [-0.39, 0.29) is 36.4 Å². The second-order valence-corrected chi connectivity index (χ2v) is 7.94. The van der Waals surface area contributed by atoms with Gasteiger partial charge < -0.3 is 9.64 Å². The summed E-state index contributed by atoms with van der Waals surface area (Å²) in [5, 5.41) is 0. The number of anilines is 1. The van der Waals surface area contributed by atoms with E-state index in [9.17, 15) is 9.59 Å². The van der Waals surface area contributed by atoms with Crippen LogP contribution in [-0.2, 0) is 14.3 Å². The standard InChI is InChI=1S/C24H28N2O3/c1-4-29-22(28)15-25(3)20-14-13-19-23-18(20)11-8-12-21(23)26(16(2)27)24(19)17-9-6-5-7-10-17/h5-12,19-20,24H,4,13-15H2,1-3H3. The van der Waals surface area contributed by atoms with E-state index < -0.39 is 0 Å². The minimum absolute atomic E-state index is 0.0289. The van der Waals surface area contributed by atoms with Gasteiger partial charge in [0.15, 0.2) is 0 Å². The lowest BCUT2D eigenvalue weighted by molar-refractivity contribution is -0.144. The monoisotopic (exact) mass is 392 g/mol. The molecule has 1 amide bonds. The summed E-state index contributed by atoms with van der Waals surface area (Å²) in [6.07, 6.45) is 1.93. The van der Waals surface area contributed by atoms with Gasteiger partial charge in [0.25, 0.3) is 0 Å². The summed E-state index contributed by atoms with van der Waals surface area (Å²) in [6, 6.07) is 16.7. The smallest absolute Gasteiger partial charge is 0.320 e. The van der Waals surface area contributed by atoms with Crippen LogP contribution in [0.5, 0.6) is 0 Å². The molecule has 29 heavy (non-hydrogen) atoms. The van der Waals surface area contributed by atoms with Crippen molar-refractivity contribution in [3.63, 3.8) is 0 Å². The van der Waals surface area contributed by atoms with Crippen molar-refractivity contribution in [2.75, 3.05) is 25.1 Å². The van der Waals surface area contributed by atoms with Gasteiger partial charge >= 0.3 is 5.97 Å². The van der Waals surface area contributed by atoms with Gasteiger partial charge in [0.05, 0.1) is 19.2 Å². The number of carbonyl (C=O) groups excluding carboxylic acids is 2. The Bertz CT molecular complexity index is 912. The van der Waals surface area contributed by atoms with Gasteiger partial charge in [0.2, 0.25) is 5.91 Å². The summed E-state index contributed by atoms with van der Waals surface area (Å²) < 4.78 is 5.14. The summed E-state index contributed by atoms with van der Waals surface area (Å²) in [5.74, 6) is 0.148. The Morgan fingerprint density at radius 3 is 2.55 bits per heavy atom. The maximum absolute atomic E-state index is 12.7. The van der Waals surface area contributed by atoms with Gasteiger partial charge in [-0.25, -0.2) is 0 Å². The molecule has 2 aromatic rings. The number of nitrogens with zero attached hydrogens (tertiary/aromatic N) is 2. The molecule has 152 valence electrons. The van der Waals surface area contributed by atoms with Gasteiger partial charge in [-0.05, 0) is 49.6 Å². The number of hydrogen-bond donors (Lipinski definition) is 0. The average molecular weight is 392 g/mol. The molecular weight excluding hydrogens is 364 g/mol. The average Bonchev–Trinajstić information content (AvgIpc) is 3.05. The third kappa shape index (κ3) is 3.44.